The van der Waals surface area contributed by atoms with Gasteiger partial charge in [0, 0.05) is 13.1 Å². The molecule has 216 valence electrons. The third kappa shape index (κ3) is 7.77. The largest absolute Gasteiger partial charge is 0.488 e. The molecule has 7 nitrogen and oxygen atoms in total. The smallest absolute Gasteiger partial charge is 0.323 e. The lowest BCUT2D eigenvalue weighted by atomic mass is 10.1. The molecule has 1 fully saturated rings. The first-order chi connectivity index (χ1) is 20.9. The number of thiocarbonyl (C=S) groups is 1. The molecule has 1 aliphatic rings. The first-order valence-electron chi connectivity index (χ1n) is 13.5. The molecule has 43 heavy (non-hydrogen) atoms. The summed E-state index contributed by atoms with van der Waals surface area (Å²) in [4.78, 5) is 41.4. The van der Waals surface area contributed by atoms with Crippen molar-refractivity contribution < 1.29 is 24.2 Å². The molecule has 0 bridgehead atoms. The molecule has 0 atom stereocenters. The number of amides is 2. The second-order valence-corrected chi connectivity index (χ2v) is 11.5. The van der Waals surface area contributed by atoms with Crippen LogP contribution in [0.1, 0.15) is 32.6 Å². The third-order valence-corrected chi connectivity index (χ3v) is 8.04. The lowest BCUT2D eigenvalue weighted by Crippen LogP contribution is -2.33. The average molecular weight is 609 g/mol. The molecule has 4 aromatic carbocycles. The van der Waals surface area contributed by atoms with Gasteiger partial charge >= 0.3 is 5.97 Å². The molecule has 0 aliphatic carbocycles. The maximum absolute atomic E-state index is 14.2. The number of nitrogens with zero attached hydrogens (tertiary/aromatic N) is 2. The lowest BCUT2D eigenvalue weighted by molar-refractivity contribution is -0.140. The van der Waals surface area contributed by atoms with Gasteiger partial charge < -0.3 is 14.7 Å². The number of hydrogen-bond donors (Lipinski definition) is 1. The molecule has 0 aromatic heterocycles. The zero-order valence-corrected chi connectivity index (χ0v) is 24.7. The summed E-state index contributed by atoms with van der Waals surface area (Å²) >= 11 is 6.27. The van der Waals surface area contributed by atoms with Crippen LogP contribution in [0.15, 0.2) is 114 Å². The highest BCUT2D eigenvalue weighted by atomic mass is 32.2. The van der Waals surface area contributed by atoms with E-state index in [-0.39, 0.29) is 16.8 Å². The minimum atomic E-state index is -1.15. The lowest BCUT2D eigenvalue weighted by Gasteiger charge is -2.24. The minimum Gasteiger partial charge on any atom is -0.488 e. The van der Waals surface area contributed by atoms with E-state index in [0.717, 1.165) is 33.4 Å². The van der Waals surface area contributed by atoms with Gasteiger partial charge in [0.05, 0.1) is 10.5 Å². The molecule has 0 spiro atoms. The fraction of sp³-hybridized carbons (Fsp3) is 0.118. The van der Waals surface area contributed by atoms with E-state index in [2.05, 4.69) is 0 Å². The van der Waals surface area contributed by atoms with Gasteiger partial charge in [0.1, 0.15) is 23.2 Å². The summed E-state index contributed by atoms with van der Waals surface area (Å²) in [5, 5.41) is 9.15. The monoisotopic (exact) mass is 608 g/mol. The van der Waals surface area contributed by atoms with Crippen LogP contribution in [0.2, 0.25) is 0 Å². The first-order valence-corrected chi connectivity index (χ1v) is 14.7. The highest BCUT2D eigenvalue weighted by Gasteiger charge is 2.33. The molecular weight excluding hydrogens is 581 g/mol. The first kappa shape index (κ1) is 29.8. The van der Waals surface area contributed by atoms with Crippen molar-refractivity contribution in [3.05, 3.63) is 142 Å². The van der Waals surface area contributed by atoms with Crippen molar-refractivity contribution >= 4 is 52.2 Å². The Morgan fingerprint density at radius 3 is 1.95 bits per heavy atom. The molecule has 4 aromatic rings. The van der Waals surface area contributed by atoms with Crippen LogP contribution in [0.4, 0.5) is 0 Å². The Kier molecular flexibility index (Phi) is 9.66. The molecule has 5 rings (SSSR count). The number of carboxylic acids is 1. The Bertz CT molecular complexity index is 1620. The summed E-state index contributed by atoms with van der Waals surface area (Å²) in [5.74, 6) is -1.45. The van der Waals surface area contributed by atoms with Crippen molar-refractivity contribution in [2.75, 3.05) is 6.54 Å². The van der Waals surface area contributed by atoms with Crippen molar-refractivity contribution in [1.82, 2.24) is 9.80 Å². The Labute approximate surface area is 259 Å². The van der Waals surface area contributed by atoms with Crippen LogP contribution in [-0.2, 0) is 29.3 Å². The SMILES string of the molecule is O=C(O)CN1C(=O)/C(=C/c2ccc(C(=O)N(Cc3ccccc3)Cc3ccccc3)c(OCc3ccccc3)c2)SC1=S. The molecule has 9 heteroatoms. The summed E-state index contributed by atoms with van der Waals surface area (Å²) in [5.41, 5.74) is 3.94. The second-order valence-electron chi connectivity index (χ2n) is 9.82. The zero-order valence-electron chi connectivity index (χ0n) is 23.1. The summed E-state index contributed by atoms with van der Waals surface area (Å²) in [6.07, 6.45) is 1.64. The normalized spacial score (nSPS) is 13.8. The van der Waals surface area contributed by atoms with Crippen LogP contribution in [0, 0.1) is 0 Å². The number of carbonyl (C=O) groups excluding carboxylic acids is 2. The van der Waals surface area contributed by atoms with Crippen LogP contribution < -0.4 is 4.74 Å². The highest BCUT2D eigenvalue weighted by Crippen LogP contribution is 2.34. The maximum atomic E-state index is 14.2. The van der Waals surface area contributed by atoms with E-state index in [9.17, 15) is 14.4 Å². The fourth-order valence-electron chi connectivity index (χ4n) is 4.56. The van der Waals surface area contributed by atoms with Crippen molar-refractivity contribution in [2.24, 2.45) is 0 Å². The highest BCUT2D eigenvalue weighted by molar-refractivity contribution is 8.26. The summed E-state index contributed by atoms with van der Waals surface area (Å²) in [6.45, 7) is 0.545. The predicted molar refractivity (Wildman–Crippen MR) is 171 cm³/mol. The van der Waals surface area contributed by atoms with Gasteiger partial charge in [-0.15, -0.1) is 0 Å². The number of aliphatic carboxylic acids is 1. The number of rotatable bonds is 11. The van der Waals surface area contributed by atoms with Crippen molar-refractivity contribution in [2.45, 2.75) is 19.7 Å². The third-order valence-electron chi connectivity index (χ3n) is 6.66. The summed E-state index contributed by atoms with van der Waals surface area (Å²) < 4.78 is 6.42. The second kappa shape index (κ2) is 14.0. The number of carboxylic acid groups (broad SMARTS) is 1. The number of ether oxygens (including phenoxy) is 1. The van der Waals surface area contributed by atoms with Crippen LogP contribution in [0.25, 0.3) is 6.08 Å². The molecule has 0 unspecified atom stereocenters. The van der Waals surface area contributed by atoms with E-state index in [0.29, 0.717) is 34.9 Å². The zero-order chi connectivity index (χ0) is 30.2. The predicted octanol–water partition coefficient (Wildman–Crippen LogP) is 6.39. The quantitative estimate of drug-likeness (QED) is 0.156. The fourth-order valence-corrected chi connectivity index (χ4v) is 5.82. The summed E-state index contributed by atoms with van der Waals surface area (Å²) in [6, 6.07) is 34.4. The molecular formula is C34H28N2O5S2. The van der Waals surface area contributed by atoms with Gasteiger partial charge in [-0.25, -0.2) is 0 Å². The van der Waals surface area contributed by atoms with Crippen molar-refractivity contribution in [3.63, 3.8) is 0 Å². The van der Waals surface area contributed by atoms with Gasteiger partial charge in [0.25, 0.3) is 11.8 Å². The standard InChI is InChI=1S/C34H28N2O5S2/c37-31(38)22-36-33(40)30(43-34(36)42)19-27-16-17-28(29(18-27)41-23-26-14-8-3-9-15-26)32(39)35(20-24-10-4-1-5-11-24)21-25-12-6-2-7-13-25/h1-19H,20-23H2,(H,37,38)/b30-19-. The average Bonchev–Trinajstić information content (AvgIpc) is 3.27. The van der Waals surface area contributed by atoms with Gasteiger partial charge in [-0.2, -0.15) is 0 Å². The summed E-state index contributed by atoms with van der Waals surface area (Å²) in [7, 11) is 0. The van der Waals surface area contributed by atoms with Crippen LogP contribution in [-0.4, -0.2) is 43.6 Å². The molecule has 1 heterocycles. The Morgan fingerprint density at radius 2 is 1.40 bits per heavy atom. The van der Waals surface area contributed by atoms with E-state index in [1.54, 1.807) is 29.2 Å². The van der Waals surface area contributed by atoms with E-state index < -0.39 is 18.4 Å². The number of benzene rings is 4. The number of carbonyl (C=O) groups is 3. The molecule has 1 saturated heterocycles. The maximum Gasteiger partial charge on any atom is 0.323 e. The van der Waals surface area contributed by atoms with E-state index >= 15 is 0 Å². The number of thioether (sulfide) groups is 1. The minimum absolute atomic E-state index is 0.184. The van der Waals surface area contributed by atoms with E-state index in [1.165, 1.54) is 0 Å². The molecule has 0 radical (unpaired) electrons. The topological polar surface area (TPSA) is 87.2 Å². The van der Waals surface area contributed by atoms with E-state index in [1.807, 2.05) is 91.0 Å². The molecule has 2 amide bonds. The van der Waals surface area contributed by atoms with E-state index in [4.69, 9.17) is 22.1 Å². The van der Waals surface area contributed by atoms with Crippen LogP contribution in [0.5, 0.6) is 5.75 Å². The van der Waals surface area contributed by atoms with Crippen molar-refractivity contribution in [3.8, 4) is 5.75 Å². The van der Waals surface area contributed by atoms with Crippen LogP contribution in [0.3, 0.4) is 0 Å². The van der Waals surface area contributed by atoms with Crippen LogP contribution >= 0.6 is 24.0 Å². The Morgan fingerprint density at radius 1 is 0.837 bits per heavy atom. The van der Waals surface area contributed by atoms with Gasteiger partial charge in [-0.1, -0.05) is 121 Å². The Hall–Kier alpha value is -4.73. The van der Waals surface area contributed by atoms with Gasteiger partial charge in [0.2, 0.25) is 0 Å². The van der Waals surface area contributed by atoms with Gasteiger partial charge in [-0.05, 0) is 40.5 Å². The van der Waals surface area contributed by atoms with Gasteiger partial charge in [0.15, 0.2) is 0 Å². The van der Waals surface area contributed by atoms with Crippen molar-refractivity contribution in [1.29, 1.82) is 0 Å². The number of hydrogen-bond acceptors (Lipinski definition) is 6. The Balaban J connectivity index is 1.48. The molecule has 1 N–H and O–H groups in total. The molecule has 1 aliphatic heterocycles. The molecule has 0 saturated carbocycles. The van der Waals surface area contributed by atoms with Gasteiger partial charge in [-0.3, -0.25) is 19.3 Å².